The Morgan fingerprint density at radius 1 is 0.880 bits per heavy atom. The van der Waals surface area contributed by atoms with Gasteiger partial charge in [-0.05, 0) is 36.4 Å². The summed E-state index contributed by atoms with van der Waals surface area (Å²) in [6.07, 6.45) is 0. The van der Waals surface area contributed by atoms with Crippen LogP contribution in [0.15, 0.2) is 54.6 Å². The lowest BCUT2D eigenvalue weighted by Crippen LogP contribution is -2.32. The molecule has 0 atom stereocenters. The molecule has 0 heterocycles. The van der Waals surface area contributed by atoms with Crippen molar-refractivity contribution in [3.63, 3.8) is 0 Å². The van der Waals surface area contributed by atoms with E-state index in [0.717, 1.165) is 0 Å². The van der Waals surface area contributed by atoms with Crippen LogP contribution in [0.4, 0.5) is 4.39 Å². The summed E-state index contributed by atoms with van der Waals surface area (Å²) in [7, 11) is 0. The maximum Gasteiger partial charge on any atom is 0.344 e. The molecular formula is C18H18FNO5. The predicted octanol–water partition coefficient (Wildman–Crippen LogP) is 1.94. The number of esters is 1. The Morgan fingerprint density at radius 3 is 2.28 bits per heavy atom. The lowest BCUT2D eigenvalue weighted by Gasteiger charge is -2.09. The summed E-state index contributed by atoms with van der Waals surface area (Å²) >= 11 is 0. The second-order valence-electron chi connectivity index (χ2n) is 4.91. The van der Waals surface area contributed by atoms with Gasteiger partial charge in [-0.25, -0.2) is 9.18 Å². The van der Waals surface area contributed by atoms with Crippen LogP contribution in [0, 0.1) is 5.82 Å². The quantitative estimate of drug-likeness (QED) is 0.554. The lowest BCUT2D eigenvalue weighted by molar-refractivity contribution is -0.150. The summed E-state index contributed by atoms with van der Waals surface area (Å²) in [6.45, 7) is -0.179. The van der Waals surface area contributed by atoms with Crippen molar-refractivity contribution < 1.29 is 28.2 Å². The van der Waals surface area contributed by atoms with E-state index in [2.05, 4.69) is 5.32 Å². The van der Waals surface area contributed by atoms with Crippen LogP contribution < -0.4 is 14.8 Å². The molecule has 0 spiro atoms. The molecule has 0 aliphatic rings. The second-order valence-corrected chi connectivity index (χ2v) is 4.91. The number of benzene rings is 2. The highest BCUT2D eigenvalue weighted by atomic mass is 19.1. The van der Waals surface area contributed by atoms with Crippen LogP contribution in [0.2, 0.25) is 0 Å². The van der Waals surface area contributed by atoms with Gasteiger partial charge < -0.3 is 19.5 Å². The van der Waals surface area contributed by atoms with Gasteiger partial charge in [0.05, 0.1) is 6.54 Å². The van der Waals surface area contributed by atoms with Gasteiger partial charge >= 0.3 is 5.97 Å². The zero-order valence-corrected chi connectivity index (χ0v) is 13.4. The van der Waals surface area contributed by atoms with Crippen molar-refractivity contribution in [1.82, 2.24) is 5.32 Å². The molecule has 0 unspecified atom stereocenters. The van der Waals surface area contributed by atoms with Gasteiger partial charge in [-0.15, -0.1) is 0 Å². The first-order valence-electron chi connectivity index (χ1n) is 7.62. The highest BCUT2D eigenvalue weighted by Crippen LogP contribution is 2.10. The van der Waals surface area contributed by atoms with Crippen LogP contribution in [-0.2, 0) is 14.3 Å². The van der Waals surface area contributed by atoms with Crippen molar-refractivity contribution in [3.05, 3.63) is 60.4 Å². The molecule has 1 N–H and O–H groups in total. The van der Waals surface area contributed by atoms with Gasteiger partial charge in [-0.3, -0.25) is 4.79 Å². The SMILES string of the molecule is O=C(COC(=O)COc1ccc(F)cc1)NCCOc1ccccc1. The first kappa shape index (κ1) is 18.3. The van der Waals surface area contributed by atoms with E-state index in [0.29, 0.717) is 18.1 Å². The largest absolute Gasteiger partial charge is 0.492 e. The van der Waals surface area contributed by atoms with E-state index in [4.69, 9.17) is 14.2 Å². The number of rotatable bonds is 9. The molecule has 25 heavy (non-hydrogen) atoms. The van der Waals surface area contributed by atoms with Crippen LogP contribution >= 0.6 is 0 Å². The number of carbonyl (C=O) groups is 2. The summed E-state index contributed by atoms with van der Waals surface area (Å²) in [5.41, 5.74) is 0. The number of halogens is 1. The molecule has 1 amide bonds. The van der Waals surface area contributed by atoms with E-state index in [-0.39, 0.29) is 13.2 Å². The summed E-state index contributed by atoms with van der Waals surface area (Å²) in [5.74, 6) is -0.489. The van der Waals surface area contributed by atoms with Crippen LogP contribution in [0.5, 0.6) is 11.5 Å². The monoisotopic (exact) mass is 347 g/mol. The number of amides is 1. The fourth-order valence-corrected chi connectivity index (χ4v) is 1.79. The van der Waals surface area contributed by atoms with Crippen molar-refractivity contribution in [2.45, 2.75) is 0 Å². The Kier molecular flexibility index (Phi) is 7.24. The Morgan fingerprint density at radius 2 is 1.56 bits per heavy atom. The zero-order valence-electron chi connectivity index (χ0n) is 13.4. The predicted molar refractivity (Wildman–Crippen MR) is 87.8 cm³/mol. The minimum atomic E-state index is -0.694. The molecule has 7 heteroatoms. The zero-order chi connectivity index (χ0) is 17.9. The molecule has 6 nitrogen and oxygen atoms in total. The fraction of sp³-hybridized carbons (Fsp3) is 0.222. The normalized spacial score (nSPS) is 9.96. The van der Waals surface area contributed by atoms with Crippen molar-refractivity contribution in [1.29, 1.82) is 0 Å². The molecule has 132 valence electrons. The molecule has 2 rings (SSSR count). The number of nitrogens with one attached hydrogen (secondary N) is 1. The van der Waals surface area contributed by atoms with Gasteiger partial charge in [-0.1, -0.05) is 18.2 Å². The van der Waals surface area contributed by atoms with Gasteiger partial charge in [0.15, 0.2) is 13.2 Å². The third-order valence-electron chi connectivity index (χ3n) is 2.97. The summed E-state index contributed by atoms with van der Waals surface area (Å²) in [5, 5.41) is 2.56. The average molecular weight is 347 g/mol. The third-order valence-corrected chi connectivity index (χ3v) is 2.97. The second kappa shape index (κ2) is 9.92. The molecule has 0 radical (unpaired) electrons. The number of carbonyl (C=O) groups excluding carboxylic acids is 2. The van der Waals surface area contributed by atoms with Crippen LogP contribution in [0.25, 0.3) is 0 Å². The fourth-order valence-electron chi connectivity index (χ4n) is 1.79. The average Bonchev–Trinajstić information content (AvgIpc) is 2.64. The number of hydrogen-bond donors (Lipinski definition) is 1. The molecule has 0 bridgehead atoms. The topological polar surface area (TPSA) is 73.9 Å². The van der Waals surface area contributed by atoms with E-state index in [9.17, 15) is 14.0 Å². The van der Waals surface area contributed by atoms with E-state index in [1.54, 1.807) is 0 Å². The maximum atomic E-state index is 12.7. The molecule has 0 fully saturated rings. The first-order chi connectivity index (χ1) is 12.1. The Balaban J connectivity index is 1.54. The molecule has 0 aromatic heterocycles. The van der Waals surface area contributed by atoms with Crippen LogP contribution in [0.1, 0.15) is 0 Å². The summed E-state index contributed by atoms with van der Waals surface area (Å²) in [4.78, 5) is 23.0. The first-order valence-corrected chi connectivity index (χ1v) is 7.62. The van der Waals surface area contributed by atoms with Crippen molar-refractivity contribution in [2.75, 3.05) is 26.4 Å². The molecule has 2 aromatic rings. The van der Waals surface area contributed by atoms with Gasteiger partial charge in [0, 0.05) is 0 Å². The highest BCUT2D eigenvalue weighted by Gasteiger charge is 2.08. The molecule has 0 saturated heterocycles. The van der Waals surface area contributed by atoms with Gasteiger partial charge in [0.1, 0.15) is 23.9 Å². The van der Waals surface area contributed by atoms with Crippen molar-refractivity contribution >= 4 is 11.9 Å². The lowest BCUT2D eigenvalue weighted by atomic mass is 10.3. The minimum absolute atomic E-state index is 0.289. The highest BCUT2D eigenvalue weighted by molar-refractivity contribution is 5.80. The Bertz CT molecular complexity index is 676. The number of para-hydroxylation sites is 1. The molecular weight excluding hydrogens is 329 g/mol. The molecule has 0 aliphatic carbocycles. The number of hydrogen-bond acceptors (Lipinski definition) is 5. The van der Waals surface area contributed by atoms with Crippen LogP contribution in [-0.4, -0.2) is 38.2 Å². The number of ether oxygens (including phenoxy) is 3. The van der Waals surface area contributed by atoms with E-state index < -0.39 is 24.3 Å². The van der Waals surface area contributed by atoms with Crippen molar-refractivity contribution in [3.8, 4) is 11.5 Å². The van der Waals surface area contributed by atoms with E-state index in [1.165, 1.54) is 24.3 Å². The Labute approximate surface area is 144 Å². The summed E-state index contributed by atoms with van der Waals surface area (Å²) in [6, 6.07) is 14.4. The summed E-state index contributed by atoms with van der Waals surface area (Å²) < 4.78 is 28.0. The van der Waals surface area contributed by atoms with Gasteiger partial charge in [0.25, 0.3) is 5.91 Å². The van der Waals surface area contributed by atoms with Crippen LogP contribution in [0.3, 0.4) is 0 Å². The minimum Gasteiger partial charge on any atom is -0.492 e. The maximum absolute atomic E-state index is 12.7. The van der Waals surface area contributed by atoms with Gasteiger partial charge in [0.2, 0.25) is 0 Å². The standard InChI is InChI=1S/C18H18FNO5/c19-14-6-8-16(9-7-14)24-13-18(22)25-12-17(21)20-10-11-23-15-4-2-1-3-5-15/h1-9H,10-13H2,(H,20,21). The molecule has 0 saturated carbocycles. The van der Waals surface area contributed by atoms with Gasteiger partial charge in [-0.2, -0.15) is 0 Å². The Hall–Kier alpha value is -3.09. The smallest absolute Gasteiger partial charge is 0.344 e. The van der Waals surface area contributed by atoms with Crippen molar-refractivity contribution in [2.24, 2.45) is 0 Å². The van der Waals surface area contributed by atoms with E-state index >= 15 is 0 Å². The van der Waals surface area contributed by atoms with E-state index in [1.807, 2.05) is 30.3 Å². The molecule has 2 aromatic carbocycles. The third kappa shape index (κ3) is 7.34. The molecule has 0 aliphatic heterocycles.